The average Bonchev–Trinajstić information content (AvgIpc) is 2.87. The lowest BCUT2D eigenvalue weighted by atomic mass is 10.0. The lowest BCUT2D eigenvalue weighted by molar-refractivity contribution is -0.384. The third-order valence-electron chi connectivity index (χ3n) is 5.61. The minimum atomic E-state index is -0.355. The summed E-state index contributed by atoms with van der Waals surface area (Å²) < 4.78 is 0. The quantitative estimate of drug-likeness (QED) is 0.634. The summed E-state index contributed by atoms with van der Waals surface area (Å²) in [6.07, 6.45) is 5.44. The molecule has 2 aliphatic heterocycles. The Kier molecular flexibility index (Phi) is 4.13. The van der Waals surface area contributed by atoms with Crippen molar-refractivity contribution in [3.05, 3.63) is 52.7 Å². The molecule has 0 radical (unpaired) electrons. The van der Waals surface area contributed by atoms with E-state index < -0.39 is 0 Å². The van der Waals surface area contributed by atoms with Crippen LogP contribution in [0.25, 0.3) is 11.3 Å². The van der Waals surface area contributed by atoms with Crippen LogP contribution < -0.4 is 4.90 Å². The molecule has 0 N–H and O–H groups in total. The largest absolute Gasteiger partial charge is 0.368 e. The van der Waals surface area contributed by atoms with Gasteiger partial charge in [-0.1, -0.05) is 12.1 Å². The molecular formula is C19H22N4O2. The van der Waals surface area contributed by atoms with E-state index in [9.17, 15) is 10.1 Å². The van der Waals surface area contributed by atoms with Crippen molar-refractivity contribution in [2.24, 2.45) is 0 Å². The molecule has 2 saturated heterocycles. The molecule has 6 nitrogen and oxygen atoms in total. The summed E-state index contributed by atoms with van der Waals surface area (Å²) in [6.45, 7) is 1.99. The van der Waals surface area contributed by atoms with E-state index in [0.29, 0.717) is 12.1 Å². The predicted molar refractivity (Wildman–Crippen MR) is 97.7 cm³/mol. The molecule has 1 aromatic heterocycles. The molecule has 2 aromatic rings. The Bertz CT molecular complexity index is 794. The number of benzene rings is 1. The first-order valence-corrected chi connectivity index (χ1v) is 8.80. The zero-order valence-electron chi connectivity index (χ0n) is 14.3. The maximum Gasteiger partial charge on any atom is 0.270 e. The van der Waals surface area contributed by atoms with Gasteiger partial charge >= 0.3 is 0 Å². The number of nitro benzene ring substituents is 1. The molecule has 2 fully saturated rings. The number of rotatable bonds is 3. The maximum atomic E-state index is 11.1. The third kappa shape index (κ3) is 2.98. The van der Waals surface area contributed by atoms with Gasteiger partial charge in [-0.05, 0) is 38.4 Å². The van der Waals surface area contributed by atoms with Crippen LogP contribution in [0.15, 0.2) is 42.6 Å². The van der Waals surface area contributed by atoms with E-state index in [2.05, 4.69) is 27.9 Å². The van der Waals surface area contributed by atoms with Crippen LogP contribution in [0.3, 0.4) is 0 Å². The third-order valence-corrected chi connectivity index (χ3v) is 5.61. The summed E-state index contributed by atoms with van der Waals surface area (Å²) in [6, 6.07) is 12.0. The van der Waals surface area contributed by atoms with Crippen molar-refractivity contribution in [1.82, 2.24) is 9.88 Å². The SMILES string of the molecule is CN1C2CCC1CN(c1cccnc1-c1cccc([N+](=O)[O-])c1)CC2. The maximum absolute atomic E-state index is 11.1. The molecule has 3 heterocycles. The Labute approximate surface area is 147 Å². The molecular weight excluding hydrogens is 316 g/mol. The molecule has 25 heavy (non-hydrogen) atoms. The van der Waals surface area contributed by atoms with Crippen molar-refractivity contribution < 1.29 is 4.92 Å². The highest BCUT2D eigenvalue weighted by atomic mass is 16.6. The monoisotopic (exact) mass is 338 g/mol. The number of anilines is 1. The molecule has 2 bridgehead atoms. The highest BCUT2D eigenvalue weighted by molar-refractivity contribution is 5.76. The number of pyridine rings is 1. The van der Waals surface area contributed by atoms with E-state index in [-0.39, 0.29) is 10.6 Å². The van der Waals surface area contributed by atoms with E-state index in [0.717, 1.165) is 36.5 Å². The van der Waals surface area contributed by atoms with Crippen LogP contribution in [-0.4, -0.2) is 47.0 Å². The number of hydrogen-bond donors (Lipinski definition) is 0. The van der Waals surface area contributed by atoms with Crippen LogP contribution >= 0.6 is 0 Å². The van der Waals surface area contributed by atoms with Crippen LogP contribution in [0.1, 0.15) is 19.3 Å². The van der Waals surface area contributed by atoms with Crippen LogP contribution in [0.4, 0.5) is 11.4 Å². The minimum Gasteiger partial charge on any atom is -0.368 e. The van der Waals surface area contributed by atoms with E-state index in [4.69, 9.17) is 0 Å². The number of aromatic nitrogens is 1. The van der Waals surface area contributed by atoms with Gasteiger partial charge < -0.3 is 4.90 Å². The van der Waals surface area contributed by atoms with Gasteiger partial charge in [-0.15, -0.1) is 0 Å². The fourth-order valence-corrected chi connectivity index (χ4v) is 4.17. The van der Waals surface area contributed by atoms with Crippen molar-refractivity contribution in [2.45, 2.75) is 31.3 Å². The first-order valence-electron chi connectivity index (χ1n) is 8.80. The Hall–Kier alpha value is -2.47. The summed E-state index contributed by atoms with van der Waals surface area (Å²) in [5.74, 6) is 0. The summed E-state index contributed by atoms with van der Waals surface area (Å²) in [5.41, 5.74) is 2.80. The van der Waals surface area contributed by atoms with E-state index in [1.165, 1.54) is 18.9 Å². The van der Waals surface area contributed by atoms with Gasteiger partial charge in [0.25, 0.3) is 5.69 Å². The standard InChI is InChI=1S/C19H22N4O2/c1-21-15-7-8-17(21)13-22(11-9-15)18-6-3-10-20-19(18)14-4-2-5-16(12-14)23(24)25/h2-6,10,12,15,17H,7-9,11,13H2,1H3. The predicted octanol–water partition coefficient (Wildman–Crippen LogP) is 3.33. The van der Waals surface area contributed by atoms with E-state index in [1.807, 2.05) is 12.1 Å². The van der Waals surface area contributed by atoms with Crippen molar-refractivity contribution in [3.8, 4) is 11.3 Å². The molecule has 2 unspecified atom stereocenters. The number of nitro groups is 1. The van der Waals surface area contributed by atoms with Crippen LogP contribution in [-0.2, 0) is 0 Å². The second-order valence-corrected chi connectivity index (χ2v) is 6.96. The Morgan fingerprint density at radius 3 is 2.84 bits per heavy atom. The van der Waals surface area contributed by atoms with Crippen molar-refractivity contribution in [3.63, 3.8) is 0 Å². The second-order valence-electron chi connectivity index (χ2n) is 6.96. The number of fused-ring (bicyclic) bond motifs is 2. The summed E-state index contributed by atoms with van der Waals surface area (Å²) in [7, 11) is 2.23. The summed E-state index contributed by atoms with van der Waals surface area (Å²) in [4.78, 5) is 20.2. The van der Waals surface area contributed by atoms with Gasteiger partial charge in [0.15, 0.2) is 0 Å². The van der Waals surface area contributed by atoms with Gasteiger partial charge in [-0.25, -0.2) is 0 Å². The van der Waals surface area contributed by atoms with E-state index in [1.54, 1.807) is 18.3 Å². The van der Waals surface area contributed by atoms with Gasteiger partial charge in [-0.3, -0.25) is 20.0 Å². The lowest BCUT2D eigenvalue weighted by Gasteiger charge is -2.29. The smallest absolute Gasteiger partial charge is 0.270 e. The van der Waals surface area contributed by atoms with Crippen molar-refractivity contribution in [2.75, 3.05) is 25.0 Å². The highest BCUT2D eigenvalue weighted by Gasteiger charge is 2.35. The zero-order chi connectivity index (χ0) is 17.4. The zero-order valence-corrected chi connectivity index (χ0v) is 14.3. The molecule has 0 spiro atoms. The number of nitrogens with zero attached hydrogens (tertiary/aromatic N) is 4. The average molecular weight is 338 g/mol. The first kappa shape index (κ1) is 16.0. The molecule has 0 aliphatic carbocycles. The van der Waals surface area contributed by atoms with Gasteiger partial charge in [0.2, 0.25) is 0 Å². The Morgan fingerprint density at radius 2 is 2.00 bits per heavy atom. The molecule has 130 valence electrons. The van der Waals surface area contributed by atoms with E-state index >= 15 is 0 Å². The van der Waals surface area contributed by atoms with Gasteiger partial charge in [0.1, 0.15) is 0 Å². The van der Waals surface area contributed by atoms with Gasteiger partial charge in [0, 0.05) is 49.1 Å². The van der Waals surface area contributed by atoms with Crippen molar-refractivity contribution >= 4 is 11.4 Å². The molecule has 2 aliphatic rings. The van der Waals surface area contributed by atoms with Crippen molar-refractivity contribution in [1.29, 1.82) is 0 Å². The molecule has 6 heteroatoms. The van der Waals surface area contributed by atoms with Gasteiger partial charge in [-0.2, -0.15) is 0 Å². The van der Waals surface area contributed by atoms with Crippen LogP contribution in [0.2, 0.25) is 0 Å². The first-order chi connectivity index (χ1) is 12.1. The summed E-state index contributed by atoms with van der Waals surface area (Å²) >= 11 is 0. The fraction of sp³-hybridized carbons (Fsp3) is 0.421. The number of hydrogen-bond acceptors (Lipinski definition) is 5. The molecule has 0 amide bonds. The Morgan fingerprint density at radius 1 is 1.16 bits per heavy atom. The fourth-order valence-electron chi connectivity index (χ4n) is 4.17. The second kappa shape index (κ2) is 6.44. The van der Waals surface area contributed by atoms with Crippen LogP contribution in [0, 0.1) is 10.1 Å². The minimum absolute atomic E-state index is 0.101. The molecule has 2 atom stereocenters. The summed E-state index contributed by atoms with van der Waals surface area (Å²) in [5, 5.41) is 11.1. The molecule has 4 rings (SSSR count). The van der Waals surface area contributed by atoms with Crippen LogP contribution in [0.5, 0.6) is 0 Å². The van der Waals surface area contributed by atoms with Gasteiger partial charge in [0.05, 0.1) is 16.3 Å². The normalized spacial score (nSPS) is 23.5. The highest BCUT2D eigenvalue weighted by Crippen LogP contribution is 2.35. The number of non-ortho nitro benzene ring substituents is 1. The Balaban J connectivity index is 1.70. The topological polar surface area (TPSA) is 62.5 Å². The number of likely N-dealkylation sites (N-methyl/N-ethyl adjacent to an activating group) is 1. The molecule has 1 aromatic carbocycles. The lowest BCUT2D eigenvalue weighted by Crippen LogP contribution is -2.36. The molecule has 0 saturated carbocycles.